The number of aromatic nitrogens is 1. The highest BCUT2D eigenvalue weighted by atomic mass is 16.3. The first kappa shape index (κ1) is 24.2. The van der Waals surface area contributed by atoms with E-state index < -0.39 is 0 Å². The van der Waals surface area contributed by atoms with Crippen LogP contribution < -0.4 is 0 Å². The van der Waals surface area contributed by atoms with E-state index in [4.69, 9.17) is 4.42 Å². The fraction of sp³-hybridized carbons (Fsp3) is 0. The molecule has 2 aromatic heterocycles. The molecule has 212 valence electrons. The summed E-state index contributed by atoms with van der Waals surface area (Å²) in [5.41, 5.74) is 13.0. The average molecular weight is 584 g/mol. The zero-order chi connectivity index (χ0) is 29.9. The SMILES string of the molecule is c1cc(-c2cccc3oc4c5ccccc5ccc4c23)cc(-n2c3cccc4c3c3c5c(cccc5ccc32)-c2ccccc2-4)c1. The number of rotatable bonds is 2. The minimum atomic E-state index is 0.913. The Morgan fingerprint density at radius 1 is 0.391 bits per heavy atom. The van der Waals surface area contributed by atoms with E-state index in [0.717, 1.165) is 33.0 Å². The predicted molar refractivity (Wildman–Crippen MR) is 193 cm³/mol. The molecule has 2 heteroatoms. The van der Waals surface area contributed by atoms with E-state index in [1.54, 1.807) is 0 Å². The van der Waals surface area contributed by atoms with Crippen molar-refractivity contribution in [3.8, 4) is 39.1 Å². The van der Waals surface area contributed by atoms with Crippen molar-refractivity contribution in [2.75, 3.05) is 0 Å². The fourth-order valence-corrected chi connectivity index (χ4v) is 8.21. The smallest absolute Gasteiger partial charge is 0.143 e. The molecule has 0 N–H and O–H groups in total. The van der Waals surface area contributed by atoms with Gasteiger partial charge in [-0.05, 0) is 85.9 Å². The van der Waals surface area contributed by atoms with Crippen LogP contribution in [-0.2, 0) is 0 Å². The standard InChI is InChI=1S/C44H25NO/c1-2-13-31-26(9-1)21-23-36-41-30(16-8-20-39(41)46-44(31)36)28-11-5-12-29(25-28)45-37-19-7-18-35-33-15-4-3-14-32(33)34-17-6-10-27-22-24-38(45)43(40(27)34)42(35)37/h1-25H. The molecular formula is C44H25NO. The van der Waals surface area contributed by atoms with Crippen molar-refractivity contribution in [3.05, 3.63) is 152 Å². The van der Waals surface area contributed by atoms with Crippen molar-refractivity contribution in [2.45, 2.75) is 0 Å². The molecule has 0 bridgehead atoms. The third-order valence-corrected chi connectivity index (χ3v) is 10.1. The van der Waals surface area contributed by atoms with Gasteiger partial charge in [-0.2, -0.15) is 0 Å². The molecule has 10 aromatic rings. The minimum Gasteiger partial charge on any atom is -0.455 e. The third-order valence-electron chi connectivity index (χ3n) is 10.1. The van der Waals surface area contributed by atoms with Gasteiger partial charge in [0, 0.05) is 32.6 Å². The van der Waals surface area contributed by atoms with Crippen molar-refractivity contribution in [2.24, 2.45) is 0 Å². The molecule has 0 atom stereocenters. The lowest BCUT2D eigenvalue weighted by molar-refractivity contribution is 0.673. The lowest BCUT2D eigenvalue weighted by Gasteiger charge is -2.14. The lowest BCUT2D eigenvalue weighted by atomic mass is 9.93. The van der Waals surface area contributed by atoms with Crippen LogP contribution in [0.2, 0.25) is 0 Å². The van der Waals surface area contributed by atoms with Gasteiger partial charge >= 0.3 is 0 Å². The Hall–Kier alpha value is -6.12. The Kier molecular flexibility index (Phi) is 4.61. The van der Waals surface area contributed by atoms with Crippen LogP contribution in [0.1, 0.15) is 0 Å². The van der Waals surface area contributed by atoms with E-state index in [9.17, 15) is 0 Å². The summed E-state index contributed by atoms with van der Waals surface area (Å²) in [6, 6.07) is 55.3. The number of hydrogen-bond acceptors (Lipinski definition) is 1. The van der Waals surface area contributed by atoms with E-state index in [1.807, 2.05) is 0 Å². The highest BCUT2D eigenvalue weighted by Gasteiger charge is 2.24. The quantitative estimate of drug-likeness (QED) is 0.198. The highest BCUT2D eigenvalue weighted by Crippen LogP contribution is 2.49. The molecule has 2 nitrogen and oxygen atoms in total. The van der Waals surface area contributed by atoms with Gasteiger partial charge in [-0.15, -0.1) is 0 Å². The van der Waals surface area contributed by atoms with Crippen LogP contribution in [0.3, 0.4) is 0 Å². The molecule has 0 saturated heterocycles. The number of hydrogen-bond donors (Lipinski definition) is 0. The minimum absolute atomic E-state index is 0.913. The lowest BCUT2D eigenvalue weighted by Crippen LogP contribution is -1.95. The Bertz CT molecular complexity index is 2920. The number of benzene rings is 8. The first-order chi connectivity index (χ1) is 22.8. The summed E-state index contributed by atoms with van der Waals surface area (Å²) >= 11 is 0. The molecule has 0 unspecified atom stereocenters. The van der Waals surface area contributed by atoms with Crippen molar-refractivity contribution in [1.82, 2.24) is 4.57 Å². The maximum absolute atomic E-state index is 6.54. The van der Waals surface area contributed by atoms with E-state index in [1.165, 1.54) is 71.3 Å². The van der Waals surface area contributed by atoms with Crippen LogP contribution in [0, 0.1) is 0 Å². The van der Waals surface area contributed by atoms with Crippen LogP contribution in [0.5, 0.6) is 0 Å². The molecule has 8 aromatic carbocycles. The summed E-state index contributed by atoms with van der Waals surface area (Å²) in [5.74, 6) is 0. The molecule has 11 rings (SSSR count). The summed E-state index contributed by atoms with van der Waals surface area (Å²) in [5, 5.41) is 9.90. The first-order valence-electron chi connectivity index (χ1n) is 15.9. The maximum Gasteiger partial charge on any atom is 0.143 e. The van der Waals surface area contributed by atoms with Crippen LogP contribution >= 0.6 is 0 Å². The molecule has 46 heavy (non-hydrogen) atoms. The van der Waals surface area contributed by atoms with Crippen molar-refractivity contribution in [3.63, 3.8) is 0 Å². The van der Waals surface area contributed by atoms with Gasteiger partial charge < -0.3 is 8.98 Å². The van der Waals surface area contributed by atoms with E-state index in [2.05, 4.69) is 156 Å². The highest BCUT2D eigenvalue weighted by molar-refractivity contribution is 6.30. The van der Waals surface area contributed by atoms with Crippen LogP contribution in [0.4, 0.5) is 0 Å². The normalized spacial score (nSPS) is 12.3. The van der Waals surface area contributed by atoms with E-state index in [-0.39, 0.29) is 0 Å². The third kappa shape index (κ3) is 3.05. The monoisotopic (exact) mass is 583 g/mol. The van der Waals surface area contributed by atoms with Crippen molar-refractivity contribution >= 4 is 65.3 Å². The summed E-state index contributed by atoms with van der Waals surface area (Å²) < 4.78 is 9.00. The number of fused-ring (bicyclic) bond motifs is 8. The number of furan rings is 1. The Morgan fingerprint density at radius 2 is 1.07 bits per heavy atom. The fourth-order valence-electron chi connectivity index (χ4n) is 8.21. The summed E-state index contributed by atoms with van der Waals surface area (Å²) in [6.45, 7) is 0. The summed E-state index contributed by atoms with van der Waals surface area (Å²) in [7, 11) is 0. The molecule has 0 aliphatic heterocycles. The van der Waals surface area contributed by atoms with E-state index in [0.29, 0.717) is 0 Å². The second-order valence-electron chi connectivity index (χ2n) is 12.4. The molecule has 0 saturated carbocycles. The van der Waals surface area contributed by atoms with Gasteiger partial charge in [0.2, 0.25) is 0 Å². The summed E-state index contributed by atoms with van der Waals surface area (Å²) in [4.78, 5) is 0. The van der Waals surface area contributed by atoms with Crippen molar-refractivity contribution in [1.29, 1.82) is 0 Å². The maximum atomic E-state index is 6.54. The largest absolute Gasteiger partial charge is 0.455 e. The molecule has 1 aliphatic rings. The Labute approximate surface area is 264 Å². The van der Waals surface area contributed by atoms with Crippen LogP contribution in [-0.4, -0.2) is 4.57 Å². The number of nitrogens with zero attached hydrogens (tertiary/aromatic N) is 1. The first-order valence-corrected chi connectivity index (χ1v) is 15.9. The zero-order valence-electron chi connectivity index (χ0n) is 24.8. The Morgan fingerprint density at radius 3 is 1.98 bits per heavy atom. The predicted octanol–water partition coefficient (Wildman–Crippen LogP) is 12.3. The van der Waals surface area contributed by atoms with Gasteiger partial charge in [0.05, 0.1) is 11.0 Å². The van der Waals surface area contributed by atoms with Crippen molar-refractivity contribution < 1.29 is 4.42 Å². The van der Waals surface area contributed by atoms with Gasteiger partial charge in [0.15, 0.2) is 0 Å². The van der Waals surface area contributed by atoms with Gasteiger partial charge in [0.1, 0.15) is 11.2 Å². The molecule has 0 radical (unpaired) electrons. The molecule has 0 amide bonds. The van der Waals surface area contributed by atoms with Gasteiger partial charge in [0.25, 0.3) is 0 Å². The van der Waals surface area contributed by atoms with E-state index >= 15 is 0 Å². The molecule has 0 spiro atoms. The molecular weight excluding hydrogens is 558 g/mol. The average Bonchev–Trinajstić information content (AvgIpc) is 3.64. The van der Waals surface area contributed by atoms with Gasteiger partial charge in [-0.1, -0.05) is 115 Å². The summed E-state index contributed by atoms with van der Waals surface area (Å²) in [6.07, 6.45) is 0. The second-order valence-corrected chi connectivity index (χ2v) is 12.4. The second kappa shape index (κ2) is 8.74. The molecule has 2 heterocycles. The van der Waals surface area contributed by atoms with Crippen LogP contribution in [0.25, 0.3) is 104 Å². The van der Waals surface area contributed by atoms with Gasteiger partial charge in [-0.3, -0.25) is 0 Å². The topological polar surface area (TPSA) is 18.1 Å². The molecule has 1 aliphatic carbocycles. The zero-order valence-corrected chi connectivity index (χ0v) is 24.8. The Balaban J connectivity index is 1.22. The van der Waals surface area contributed by atoms with Crippen LogP contribution in [0.15, 0.2) is 156 Å². The molecule has 0 fully saturated rings. The van der Waals surface area contributed by atoms with Gasteiger partial charge in [-0.25, -0.2) is 0 Å².